The van der Waals surface area contributed by atoms with E-state index in [4.69, 9.17) is 0 Å². The van der Waals surface area contributed by atoms with Gasteiger partial charge in [-0.15, -0.1) is 5.10 Å². The molecule has 2 aromatic carbocycles. The van der Waals surface area contributed by atoms with Crippen LogP contribution in [0.4, 0.5) is 5.69 Å². The van der Waals surface area contributed by atoms with E-state index in [9.17, 15) is 9.59 Å². The smallest absolute Gasteiger partial charge is 0.307 e. The maximum Gasteiger partial charge on any atom is 0.338 e. The molecule has 6 nitrogen and oxygen atoms in total. The molecule has 3 rings (SSSR count). The Kier molecular flexibility index (Phi) is 3.19. The van der Waals surface area contributed by atoms with Crippen LogP contribution >= 0.6 is 0 Å². The Balaban J connectivity index is 1.93. The predicted octanol–water partition coefficient (Wildman–Crippen LogP) is 1.73. The van der Waals surface area contributed by atoms with Gasteiger partial charge in [-0.3, -0.25) is 9.59 Å². The van der Waals surface area contributed by atoms with E-state index in [1.54, 1.807) is 55.6 Å². The number of aromatic nitrogens is 3. The molecule has 3 aromatic rings. The van der Waals surface area contributed by atoms with Crippen LogP contribution in [0.3, 0.4) is 0 Å². The van der Waals surface area contributed by atoms with E-state index < -0.39 is 11.8 Å². The number of anilines is 1. The third-order valence-electron chi connectivity index (χ3n) is 3.18. The van der Waals surface area contributed by atoms with Crippen LogP contribution in [0.5, 0.6) is 0 Å². The van der Waals surface area contributed by atoms with E-state index in [0.29, 0.717) is 16.7 Å². The zero-order valence-electron chi connectivity index (χ0n) is 11.3. The highest BCUT2D eigenvalue weighted by Crippen LogP contribution is 2.13. The molecule has 0 saturated heterocycles. The molecule has 0 fully saturated rings. The molecular weight excluding hydrogens is 268 g/mol. The number of para-hydroxylation sites is 2. The minimum absolute atomic E-state index is 0.511. The van der Waals surface area contributed by atoms with Crippen LogP contribution in [0.2, 0.25) is 0 Å². The van der Waals surface area contributed by atoms with Crippen LogP contribution in [0.15, 0.2) is 54.6 Å². The number of likely N-dealkylation sites (N-methyl/N-ethyl adjacent to an activating group) is 1. The Morgan fingerprint density at radius 3 is 2.43 bits per heavy atom. The summed E-state index contributed by atoms with van der Waals surface area (Å²) in [7, 11) is 1.55. The molecule has 0 bridgehead atoms. The number of benzene rings is 2. The Hall–Kier alpha value is -3.02. The third kappa shape index (κ3) is 2.27. The van der Waals surface area contributed by atoms with Gasteiger partial charge in [-0.05, 0) is 24.3 Å². The molecule has 1 amide bonds. The SMILES string of the molecule is CN(C(=O)C(=O)n1nnc2ccccc21)c1ccccc1. The summed E-state index contributed by atoms with van der Waals surface area (Å²) >= 11 is 0. The fourth-order valence-electron chi connectivity index (χ4n) is 2.02. The number of carbonyl (C=O) groups is 2. The standard InChI is InChI=1S/C15H12N4O2/c1-18(11-7-3-2-4-8-11)14(20)15(21)19-13-10-6-5-9-12(13)16-17-19/h2-10H,1H3. The van der Waals surface area contributed by atoms with E-state index >= 15 is 0 Å². The quantitative estimate of drug-likeness (QED) is 0.637. The van der Waals surface area contributed by atoms with Crippen LogP contribution in [-0.4, -0.2) is 33.9 Å². The first-order chi connectivity index (χ1) is 10.2. The van der Waals surface area contributed by atoms with Gasteiger partial charge in [0.2, 0.25) is 0 Å². The normalized spacial score (nSPS) is 10.5. The van der Waals surface area contributed by atoms with Crippen molar-refractivity contribution in [3.05, 3.63) is 54.6 Å². The van der Waals surface area contributed by atoms with E-state index in [-0.39, 0.29) is 0 Å². The second-order valence-corrected chi connectivity index (χ2v) is 4.49. The molecule has 104 valence electrons. The van der Waals surface area contributed by atoms with E-state index in [1.165, 1.54) is 4.90 Å². The van der Waals surface area contributed by atoms with Crippen molar-refractivity contribution in [1.82, 2.24) is 15.0 Å². The van der Waals surface area contributed by atoms with Crippen molar-refractivity contribution < 1.29 is 9.59 Å². The molecule has 1 heterocycles. The first-order valence-electron chi connectivity index (χ1n) is 6.36. The van der Waals surface area contributed by atoms with Crippen LogP contribution in [0.1, 0.15) is 4.79 Å². The van der Waals surface area contributed by atoms with Gasteiger partial charge in [-0.1, -0.05) is 35.5 Å². The number of fused-ring (bicyclic) bond motifs is 1. The molecule has 0 spiro atoms. The van der Waals surface area contributed by atoms with Crippen molar-refractivity contribution in [1.29, 1.82) is 0 Å². The zero-order valence-corrected chi connectivity index (χ0v) is 11.3. The summed E-state index contributed by atoms with van der Waals surface area (Å²) < 4.78 is 1.02. The second kappa shape index (κ2) is 5.16. The molecule has 6 heteroatoms. The molecular formula is C15H12N4O2. The van der Waals surface area contributed by atoms with Gasteiger partial charge in [0.15, 0.2) is 0 Å². The van der Waals surface area contributed by atoms with Crippen molar-refractivity contribution in [3.63, 3.8) is 0 Å². The number of hydrogen-bond donors (Lipinski definition) is 0. The van der Waals surface area contributed by atoms with E-state index in [1.807, 2.05) is 6.07 Å². The highest BCUT2D eigenvalue weighted by atomic mass is 16.2. The fraction of sp³-hybridized carbons (Fsp3) is 0.0667. The Labute approximate surface area is 120 Å². The number of rotatable bonds is 1. The Morgan fingerprint density at radius 1 is 1.00 bits per heavy atom. The van der Waals surface area contributed by atoms with Crippen LogP contribution in [0.25, 0.3) is 11.0 Å². The average Bonchev–Trinajstić information content (AvgIpc) is 2.97. The minimum Gasteiger partial charge on any atom is -0.307 e. The van der Waals surface area contributed by atoms with Gasteiger partial charge in [0.25, 0.3) is 0 Å². The minimum atomic E-state index is -0.741. The topological polar surface area (TPSA) is 68.1 Å². The van der Waals surface area contributed by atoms with Gasteiger partial charge in [-0.25, -0.2) is 0 Å². The van der Waals surface area contributed by atoms with Crippen LogP contribution < -0.4 is 4.90 Å². The van der Waals surface area contributed by atoms with Gasteiger partial charge in [0.1, 0.15) is 5.52 Å². The van der Waals surface area contributed by atoms with Crippen LogP contribution in [0, 0.1) is 0 Å². The van der Waals surface area contributed by atoms with Gasteiger partial charge < -0.3 is 4.90 Å². The maximum absolute atomic E-state index is 12.3. The lowest BCUT2D eigenvalue weighted by atomic mass is 10.3. The molecule has 0 unspecified atom stereocenters. The average molecular weight is 280 g/mol. The Bertz CT molecular complexity index is 811. The van der Waals surface area contributed by atoms with Crippen molar-refractivity contribution in [2.75, 3.05) is 11.9 Å². The molecule has 0 N–H and O–H groups in total. The third-order valence-corrected chi connectivity index (χ3v) is 3.18. The molecule has 0 aliphatic rings. The molecule has 0 radical (unpaired) electrons. The first-order valence-corrected chi connectivity index (χ1v) is 6.36. The summed E-state index contributed by atoms with van der Waals surface area (Å²) in [6, 6.07) is 15.9. The molecule has 1 aromatic heterocycles. The number of amides is 1. The van der Waals surface area contributed by atoms with E-state index in [0.717, 1.165) is 4.68 Å². The first kappa shape index (κ1) is 13.0. The molecule has 0 atom stereocenters. The maximum atomic E-state index is 12.3. The summed E-state index contributed by atoms with van der Waals surface area (Å²) in [5.41, 5.74) is 1.72. The lowest BCUT2D eigenvalue weighted by Gasteiger charge is -2.15. The molecule has 0 aliphatic heterocycles. The summed E-state index contributed by atoms with van der Waals surface area (Å²) in [4.78, 5) is 25.9. The molecule has 0 aliphatic carbocycles. The largest absolute Gasteiger partial charge is 0.338 e. The monoisotopic (exact) mass is 280 g/mol. The number of nitrogens with zero attached hydrogens (tertiary/aromatic N) is 4. The summed E-state index contributed by atoms with van der Waals surface area (Å²) in [6.07, 6.45) is 0. The highest BCUT2D eigenvalue weighted by molar-refractivity contribution is 6.41. The van der Waals surface area contributed by atoms with Gasteiger partial charge in [-0.2, -0.15) is 4.68 Å². The molecule has 21 heavy (non-hydrogen) atoms. The van der Waals surface area contributed by atoms with Crippen molar-refractivity contribution in [2.45, 2.75) is 0 Å². The second-order valence-electron chi connectivity index (χ2n) is 4.49. The lowest BCUT2D eigenvalue weighted by Crippen LogP contribution is -2.36. The summed E-state index contributed by atoms with van der Waals surface area (Å²) in [5.74, 6) is -1.41. The predicted molar refractivity (Wildman–Crippen MR) is 78.0 cm³/mol. The van der Waals surface area contributed by atoms with Gasteiger partial charge >= 0.3 is 11.8 Å². The molecule has 0 saturated carbocycles. The van der Waals surface area contributed by atoms with Gasteiger partial charge in [0.05, 0.1) is 5.52 Å². The fourth-order valence-corrected chi connectivity index (χ4v) is 2.02. The lowest BCUT2D eigenvalue weighted by molar-refractivity contribution is -0.115. The number of hydrogen-bond acceptors (Lipinski definition) is 4. The highest BCUT2D eigenvalue weighted by Gasteiger charge is 2.24. The van der Waals surface area contributed by atoms with E-state index in [2.05, 4.69) is 10.3 Å². The van der Waals surface area contributed by atoms with Crippen molar-refractivity contribution >= 4 is 28.5 Å². The zero-order chi connectivity index (χ0) is 14.8. The number of carbonyl (C=O) groups excluding carboxylic acids is 2. The van der Waals surface area contributed by atoms with Crippen molar-refractivity contribution in [2.24, 2.45) is 0 Å². The summed E-state index contributed by atoms with van der Waals surface area (Å²) in [5, 5.41) is 7.64. The van der Waals surface area contributed by atoms with Gasteiger partial charge in [0, 0.05) is 12.7 Å². The summed E-state index contributed by atoms with van der Waals surface area (Å²) in [6.45, 7) is 0. The van der Waals surface area contributed by atoms with Crippen LogP contribution in [-0.2, 0) is 4.79 Å². The Morgan fingerprint density at radius 2 is 1.67 bits per heavy atom. The van der Waals surface area contributed by atoms with Crippen molar-refractivity contribution in [3.8, 4) is 0 Å².